The molecule has 6 nitrogen and oxygen atoms in total. The van der Waals surface area contributed by atoms with E-state index in [1.54, 1.807) is 6.92 Å². The van der Waals surface area contributed by atoms with E-state index in [0.717, 1.165) is 6.54 Å². The molecule has 0 aromatic heterocycles. The third-order valence-electron chi connectivity index (χ3n) is 2.09. The molecule has 0 atom stereocenters. The van der Waals surface area contributed by atoms with Gasteiger partial charge in [0.1, 0.15) is 0 Å². The zero-order valence-electron chi connectivity index (χ0n) is 11.4. The van der Waals surface area contributed by atoms with Crippen LogP contribution in [0, 0.1) is 0 Å². The molecule has 0 aliphatic heterocycles. The normalized spacial score (nSPS) is 11.8. The van der Waals surface area contributed by atoms with Gasteiger partial charge in [-0.15, -0.1) is 0 Å². The molecule has 0 saturated carbocycles. The Kier molecular flexibility index (Phi) is 8.95. The molecule has 0 aromatic rings. The Hall–Kier alpha value is -0.660. The molecule has 0 rings (SSSR count). The Morgan fingerprint density at radius 1 is 1.28 bits per heavy atom. The maximum absolute atomic E-state index is 11.4. The number of nitrogens with one attached hydrogen (secondary N) is 2. The standard InChI is InChI=1S/C11H24N2O4S/c1-4-11(14)13-18(15,16)9-5-7-17-8-6-12-10(2)3/h10,12H,4-9H2,1-3H3,(H,13,14). The lowest BCUT2D eigenvalue weighted by atomic mass is 10.4. The summed E-state index contributed by atoms with van der Waals surface area (Å²) in [5, 5.41) is 3.19. The highest BCUT2D eigenvalue weighted by molar-refractivity contribution is 7.90. The van der Waals surface area contributed by atoms with Crippen molar-refractivity contribution in [1.82, 2.24) is 10.0 Å². The van der Waals surface area contributed by atoms with Crippen molar-refractivity contribution in [2.45, 2.75) is 39.7 Å². The number of hydrogen-bond donors (Lipinski definition) is 2. The molecule has 0 spiro atoms. The van der Waals surface area contributed by atoms with Crippen molar-refractivity contribution >= 4 is 15.9 Å². The molecule has 0 heterocycles. The van der Waals surface area contributed by atoms with Gasteiger partial charge < -0.3 is 10.1 Å². The summed E-state index contributed by atoms with van der Waals surface area (Å²) >= 11 is 0. The van der Waals surface area contributed by atoms with E-state index in [1.165, 1.54) is 0 Å². The fraction of sp³-hybridized carbons (Fsp3) is 0.909. The largest absolute Gasteiger partial charge is 0.380 e. The van der Waals surface area contributed by atoms with Crippen molar-refractivity contribution in [1.29, 1.82) is 0 Å². The number of sulfonamides is 1. The van der Waals surface area contributed by atoms with Crippen LogP contribution in [0.15, 0.2) is 0 Å². The second kappa shape index (κ2) is 9.29. The predicted molar refractivity (Wildman–Crippen MR) is 70.8 cm³/mol. The number of hydrogen-bond acceptors (Lipinski definition) is 5. The van der Waals surface area contributed by atoms with Crippen LogP contribution >= 0.6 is 0 Å². The molecule has 1 amide bonds. The molecule has 7 heteroatoms. The van der Waals surface area contributed by atoms with Crippen LogP contribution in [-0.2, 0) is 19.6 Å². The molecule has 0 aromatic carbocycles. The monoisotopic (exact) mass is 280 g/mol. The van der Waals surface area contributed by atoms with E-state index in [9.17, 15) is 13.2 Å². The maximum atomic E-state index is 11.4. The van der Waals surface area contributed by atoms with Crippen LogP contribution in [0.25, 0.3) is 0 Å². The van der Waals surface area contributed by atoms with Crippen molar-refractivity contribution in [2.75, 3.05) is 25.5 Å². The summed E-state index contributed by atoms with van der Waals surface area (Å²) in [7, 11) is -3.49. The Morgan fingerprint density at radius 2 is 1.94 bits per heavy atom. The topological polar surface area (TPSA) is 84.5 Å². The molecule has 18 heavy (non-hydrogen) atoms. The molecule has 0 radical (unpaired) electrons. The predicted octanol–water partition coefficient (Wildman–Crippen LogP) is 0.247. The minimum absolute atomic E-state index is 0.0870. The third kappa shape index (κ3) is 10.5. The van der Waals surface area contributed by atoms with Gasteiger partial charge in [-0.1, -0.05) is 20.8 Å². The fourth-order valence-electron chi connectivity index (χ4n) is 1.17. The lowest BCUT2D eigenvalue weighted by molar-refractivity contribution is -0.119. The van der Waals surface area contributed by atoms with E-state index in [4.69, 9.17) is 4.74 Å². The highest BCUT2D eigenvalue weighted by atomic mass is 32.2. The zero-order valence-corrected chi connectivity index (χ0v) is 12.2. The number of ether oxygens (including phenoxy) is 1. The Bertz CT molecular complexity index is 328. The van der Waals surface area contributed by atoms with Crippen molar-refractivity contribution < 1.29 is 17.9 Å². The van der Waals surface area contributed by atoms with E-state index in [-0.39, 0.29) is 12.2 Å². The SMILES string of the molecule is CCC(=O)NS(=O)(=O)CCCOCCNC(C)C. The highest BCUT2D eigenvalue weighted by Crippen LogP contribution is 1.92. The van der Waals surface area contributed by atoms with Crippen LogP contribution in [0.3, 0.4) is 0 Å². The fourth-order valence-corrected chi connectivity index (χ4v) is 2.26. The van der Waals surface area contributed by atoms with Crippen molar-refractivity contribution in [3.63, 3.8) is 0 Å². The van der Waals surface area contributed by atoms with Crippen molar-refractivity contribution in [3.8, 4) is 0 Å². The number of rotatable bonds is 10. The van der Waals surface area contributed by atoms with Gasteiger partial charge in [0.15, 0.2) is 0 Å². The van der Waals surface area contributed by atoms with Gasteiger partial charge in [0.05, 0.1) is 12.4 Å². The first-order valence-electron chi connectivity index (χ1n) is 6.22. The Labute approximate surface area is 110 Å². The summed E-state index contributed by atoms with van der Waals surface area (Å²) in [6, 6.07) is 0.415. The van der Waals surface area contributed by atoms with Gasteiger partial charge in [0, 0.05) is 25.6 Å². The van der Waals surface area contributed by atoms with Gasteiger partial charge in [-0.2, -0.15) is 0 Å². The van der Waals surface area contributed by atoms with Crippen LogP contribution < -0.4 is 10.0 Å². The van der Waals surface area contributed by atoms with Crippen LogP contribution in [-0.4, -0.2) is 45.9 Å². The van der Waals surface area contributed by atoms with E-state index < -0.39 is 15.9 Å². The molecular weight excluding hydrogens is 256 g/mol. The summed E-state index contributed by atoms with van der Waals surface area (Å²) in [5.41, 5.74) is 0. The van der Waals surface area contributed by atoms with Gasteiger partial charge in [-0.05, 0) is 6.42 Å². The van der Waals surface area contributed by atoms with Crippen molar-refractivity contribution in [2.24, 2.45) is 0 Å². The average Bonchev–Trinajstić information content (AvgIpc) is 2.26. The molecule has 0 fully saturated rings. The quantitative estimate of drug-likeness (QED) is 0.560. The minimum atomic E-state index is -3.49. The van der Waals surface area contributed by atoms with E-state index in [2.05, 4.69) is 5.32 Å². The molecule has 108 valence electrons. The molecule has 0 aliphatic rings. The lowest BCUT2D eigenvalue weighted by Crippen LogP contribution is -2.32. The van der Waals surface area contributed by atoms with Gasteiger partial charge in [0.2, 0.25) is 15.9 Å². The van der Waals surface area contributed by atoms with E-state index in [1.807, 2.05) is 18.6 Å². The zero-order chi connectivity index (χ0) is 14.0. The molecule has 0 bridgehead atoms. The Balaban J connectivity index is 3.56. The molecule has 2 N–H and O–H groups in total. The Morgan fingerprint density at radius 3 is 2.50 bits per heavy atom. The summed E-state index contributed by atoms with van der Waals surface area (Å²) in [6.45, 7) is 7.37. The van der Waals surface area contributed by atoms with Crippen molar-refractivity contribution in [3.05, 3.63) is 0 Å². The average molecular weight is 280 g/mol. The second-order valence-electron chi connectivity index (χ2n) is 4.27. The second-order valence-corrected chi connectivity index (χ2v) is 6.11. The molecule has 0 unspecified atom stereocenters. The van der Waals surface area contributed by atoms with E-state index in [0.29, 0.717) is 25.7 Å². The summed E-state index contributed by atoms with van der Waals surface area (Å²) in [4.78, 5) is 10.9. The maximum Gasteiger partial charge on any atom is 0.234 e. The van der Waals surface area contributed by atoms with Crippen LogP contribution in [0.5, 0.6) is 0 Å². The minimum Gasteiger partial charge on any atom is -0.380 e. The number of amides is 1. The smallest absolute Gasteiger partial charge is 0.234 e. The van der Waals surface area contributed by atoms with Crippen LogP contribution in [0.2, 0.25) is 0 Å². The van der Waals surface area contributed by atoms with E-state index >= 15 is 0 Å². The third-order valence-corrected chi connectivity index (χ3v) is 3.46. The molecule has 0 aliphatic carbocycles. The highest BCUT2D eigenvalue weighted by Gasteiger charge is 2.12. The molecule has 0 saturated heterocycles. The van der Waals surface area contributed by atoms with Gasteiger partial charge in [0.25, 0.3) is 0 Å². The van der Waals surface area contributed by atoms with Crippen LogP contribution in [0.1, 0.15) is 33.6 Å². The van der Waals surface area contributed by atoms with Gasteiger partial charge in [-0.25, -0.2) is 8.42 Å². The first kappa shape index (κ1) is 17.3. The number of carbonyl (C=O) groups is 1. The number of carbonyl (C=O) groups excluding carboxylic acids is 1. The van der Waals surface area contributed by atoms with Crippen LogP contribution in [0.4, 0.5) is 0 Å². The molecular formula is C11H24N2O4S. The first-order valence-corrected chi connectivity index (χ1v) is 7.87. The first-order chi connectivity index (χ1) is 8.37. The van der Waals surface area contributed by atoms with Gasteiger partial charge in [-0.3, -0.25) is 9.52 Å². The van der Waals surface area contributed by atoms with Gasteiger partial charge >= 0.3 is 0 Å². The lowest BCUT2D eigenvalue weighted by Gasteiger charge is -2.09. The summed E-state index contributed by atoms with van der Waals surface area (Å²) in [5.74, 6) is -0.562. The summed E-state index contributed by atoms with van der Waals surface area (Å²) in [6.07, 6.45) is 0.546. The summed E-state index contributed by atoms with van der Waals surface area (Å²) < 4.78 is 30.0.